The highest BCUT2D eigenvalue weighted by Crippen LogP contribution is 2.51. The average molecular weight is 373 g/mol. The number of furan rings is 1. The Morgan fingerprint density at radius 1 is 1.33 bits per heavy atom. The van der Waals surface area contributed by atoms with Gasteiger partial charge >= 0.3 is 6.03 Å². The van der Waals surface area contributed by atoms with Crippen LogP contribution in [-0.4, -0.2) is 21.7 Å². The van der Waals surface area contributed by atoms with Crippen molar-refractivity contribution >= 4 is 28.6 Å². The number of amides is 2. The number of anilines is 2. The van der Waals surface area contributed by atoms with Crippen LogP contribution < -0.4 is 16.4 Å². The van der Waals surface area contributed by atoms with E-state index in [4.69, 9.17) is 10.2 Å². The third-order valence-corrected chi connectivity index (χ3v) is 4.65. The van der Waals surface area contributed by atoms with E-state index in [1.807, 2.05) is 0 Å². The van der Waals surface area contributed by atoms with Crippen molar-refractivity contribution in [3.63, 3.8) is 0 Å². The second-order valence-corrected chi connectivity index (χ2v) is 6.63. The predicted octanol–water partition coefficient (Wildman–Crippen LogP) is 3.62. The molecule has 1 fully saturated rings. The molecule has 1 saturated carbocycles. The number of nitrogens with one attached hydrogen (secondary N) is 2. The first-order chi connectivity index (χ1) is 12.9. The molecule has 0 spiro atoms. The van der Waals surface area contributed by atoms with Gasteiger partial charge in [-0.2, -0.15) is 0 Å². The highest BCUT2D eigenvalue weighted by molar-refractivity contribution is 5.89. The summed E-state index contributed by atoms with van der Waals surface area (Å²) >= 11 is 0. The van der Waals surface area contributed by atoms with Gasteiger partial charge in [-0.1, -0.05) is 0 Å². The van der Waals surface area contributed by atoms with E-state index in [2.05, 4.69) is 20.6 Å². The van der Waals surface area contributed by atoms with E-state index in [-0.39, 0.29) is 11.7 Å². The molecule has 27 heavy (non-hydrogen) atoms. The molecule has 1 aliphatic carbocycles. The van der Waals surface area contributed by atoms with Gasteiger partial charge in [-0.25, -0.2) is 23.5 Å². The van der Waals surface area contributed by atoms with Crippen molar-refractivity contribution in [2.75, 3.05) is 11.1 Å². The lowest BCUT2D eigenvalue weighted by Gasteiger charge is -2.21. The molecule has 9 heteroatoms. The molecule has 0 radical (unpaired) electrons. The molecule has 4 rings (SSSR count). The van der Waals surface area contributed by atoms with Crippen LogP contribution in [0.25, 0.3) is 11.0 Å². The van der Waals surface area contributed by atoms with Gasteiger partial charge < -0.3 is 20.8 Å². The minimum atomic E-state index is -1.61. The largest absolute Gasteiger partial charge is 0.458 e. The van der Waals surface area contributed by atoms with Gasteiger partial charge in [0.1, 0.15) is 28.9 Å². The van der Waals surface area contributed by atoms with E-state index in [9.17, 15) is 13.6 Å². The standard InChI is InChI=1S/C18H17F2N5O2/c1-9-12-6-10(19)2-3-13(12)27-14(9)15(18(20)4-5-18)25-17(26)24-11-7-22-16(21)23-8-11/h2-3,6-8,15H,4-5H2,1H3,(H2,21,22,23)(H2,24,25,26)/t15-/m0/s1. The molecular formula is C18H17F2N5O2. The van der Waals surface area contributed by atoms with Crippen molar-refractivity contribution in [2.24, 2.45) is 0 Å². The number of nitrogens with two attached hydrogens (primary N) is 1. The number of fused-ring (bicyclic) bond motifs is 1. The molecule has 7 nitrogen and oxygen atoms in total. The van der Waals surface area contributed by atoms with Crippen molar-refractivity contribution in [1.82, 2.24) is 15.3 Å². The highest BCUT2D eigenvalue weighted by atomic mass is 19.1. The summed E-state index contributed by atoms with van der Waals surface area (Å²) in [5, 5.41) is 5.70. The van der Waals surface area contributed by atoms with Gasteiger partial charge in [-0.15, -0.1) is 0 Å². The van der Waals surface area contributed by atoms with Crippen LogP contribution >= 0.6 is 0 Å². The van der Waals surface area contributed by atoms with Crippen molar-refractivity contribution in [3.05, 3.63) is 47.7 Å². The van der Waals surface area contributed by atoms with Crippen molar-refractivity contribution in [3.8, 4) is 0 Å². The summed E-state index contributed by atoms with van der Waals surface area (Å²) in [4.78, 5) is 19.9. The summed E-state index contributed by atoms with van der Waals surface area (Å²) in [5.41, 5.74) is 5.14. The van der Waals surface area contributed by atoms with Crippen LogP contribution in [-0.2, 0) is 0 Å². The summed E-state index contributed by atoms with van der Waals surface area (Å²) in [6.07, 6.45) is 3.28. The van der Waals surface area contributed by atoms with E-state index in [1.54, 1.807) is 6.92 Å². The summed E-state index contributed by atoms with van der Waals surface area (Å²) in [6, 6.07) is 2.46. The van der Waals surface area contributed by atoms with Gasteiger partial charge in [0.05, 0.1) is 18.1 Å². The molecular weight excluding hydrogens is 356 g/mol. The second-order valence-electron chi connectivity index (χ2n) is 6.63. The Labute approximate surface area is 153 Å². The fraction of sp³-hybridized carbons (Fsp3) is 0.278. The van der Waals surface area contributed by atoms with Crippen LogP contribution in [0, 0.1) is 12.7 Å². The topological polar surface area (TPSA) is 106 Å². The normalized spacial score (nSPS) is 16.1. The Morgan fingerprint density at radius 2 is 2.04 bits per heavy atom. The SMILES string of the molecule is Cc1c([C@H](NC(=O)Nc2cnc(N)nc2)C2(F)CC2)oc2ccc(F)cc12. The maximum Gasteiger partial charge on any atom is 0.320 e. The molecule has 0 bridgehead atoms. The van der Waals surface area contributed by atoms with Gasteiger partial charge in [0.2, 0.25) is 5.95 Å². The molecule has 3 aromatic rings. The number of alkyl halides is 1. The van der Waals surface area contributed by atoms with E-state index in [0.29, 0.717) is 35.1 Å². The number of aromatic nitrogens is 2. The van der Waals surface area contributed by atoms with Crippen LogP contribution in [0.15, 0.2) is 35.0 Å². The first-order valence-electron chi connectivity index (χ1n) is 8.38. The molecule has 1 aliphatic rings. The number of rotatable bonds is 4. The maximum atomic E-state index is 15.0. The number of halogens is 2. The predicted molar refractivity (Wildman–Crippen MR) is 95.3 cm³/mol. The smallest absolute Gasteiger partial charge is 0.320 e. The number of hydrogen-bond acceptors (Lipinski definition) is 5. The number of carbonyl (C=O) groups is 1. The van der Waals surface area contributed by atoms with Crippen molar-refractivity contribution in [1.29, 1.82) is 0 Å². The zero-order valence-corrected chi connectivity index (χ0v) is 14.4. The molecule has 1 atom stereocenters. The minimum absolute atomic E-state index is 0.0738. The van der Waals surface area contributed by atoms with Crippen LogP contribution in [0.1, 0.15) is 30.2 Å². The Hall–Kier alpha value is -3.23. The van der Waals surface area contributed by atoms with Crippen LogP contribution in [0.5, 0.6) is 0 Å². The molecule has 140 valence electrons. The zero-order chi connectivity index (χ0) is 19.2. The first-order valence-corrected chi connectivity index (χ1v) is 8.38. The van der Waals surface area contributed by atoms with Gasteiger partial charge in [0.25, 0.3) is 0 Å². The monoisotopic (exact) mass is 373 g/mol. The number of carbonyl (C=O) groups excluding carboxylic acids is 1. The second kappa shape index (κ2) is 6.19. The molecule has 2 heterocycles. The summed E-state index contributed by atoms with van der Waals surface area (Å²) in [7, 11) is 0. The van der Waals surface area contributed by atoms with E-state index < -0.39 is 23.6 Å². The number of hydrogen-bond donors (Lipinski definition) is 3. The van der Waals surface area contributed by atoms with E-state index in [1.165, 1.54) is 30.6 Å². The summed E-state index contributed by atoms with van der Waals surface area (Å²) in [6.45, 7) is 1.72. The van der Waals surface area contributed by atoms with Crippen LogP contribution in [0.2, 0.25) is 0 Å². The van der Waals surface area contributed by atoms with Gasteiger partial charge in [0.15, 0.2) is 0 Å². The molecule has 0 unspecified atom stereocenters. The molecule has 1 aromatic carbocycles. The van der Waals surface area contributed by atoms with Gasteiger partial charge in [-0.05, 0) is 38.0 Å². The third kappa shape index (κ3) is 3.27. The fourth-order valence-corrected chi connectivity index (χ4v) is 3.03. The molecule has 0 aliphatic heterocycles. The summed E-state index contributed by atoms with van der Waals surface area (Å²) < 4.78 is 34.3. The molecule has 2 amide bonds. The number of nitrogen functional groups attached to an aromatic ring is 1. The molecule has 2 aromatic heterocycles. The lowest BCUT2D eigenvalue weighted by atomic mass is 10.0. The quantitative estimate of drug-likeness (QED) is 0.648. The Bertz CT molecular complexity index is 1010. The van der Waals surface area contributed by atoms with Crippen LogP contribution in [0.3, 0.4) is 0 Å². The highest BCUT2D eigenvalue weighted by Gasteiger charge is 2.53. The van der Waals surface area contributed by atoms with E-state index in [0.717, 1.165) is 0 Å². The van der Waals surface area contributed by atoms with Crippen molar-refractivity contribution < 1.29 is 18.0 Å². The zero-order valence-electron chi connectivity index (χ0n) is 14.4. The maximum absolute atomic E-state index is 15.0. The minimum Gasteiger partial charge on any atom is -0.458 e. The summed E-state index contributed by atoms with van der Waals surface area (Å²) in [5.74, 6) is -0.0612. The van der Waals surface area contributed by atoms with Crippen LogP contribution in [0.4, 0.5) is 25.2 Å². The van der Waals surface area contributed by atoms with Gasteiger partial charge in [0, 0.05) is 10.9 Å². The number of benzene rings is 1. The number of urea groups is 1. The third-order valence-electron chi connectivity index (χ3n) is 4.65. The lowest BCUT2D eigenvalue weighted by Crippen LogP contribution is -2.38. The van der Waals surface area contributed by atoms with Gasteiger partial charge in [-0.3, -0.25) is 0 Å². The Morgan fingerprint density at radius 3 is 2.70 bits per heavy atom. The number of aryl methyl sites for hydroxylation is 1. The molecule has 4 N–H and O–H groups in total. The average Bonchev–Trinajstić information content (AvgIpc) is 3.31. The van der Waals surface area contributed by atoms with Crippen molar-refractivity contribution in [2.45, 2.75) is 31.5 Å². The number of nitrogens with zero attached hydrogens (tertiary/aromatic N) is 2. The lowest BCUT2D eigenvalue weighted by molar-refractivity contribution is 0.199. The fourth-order valence-electron chi connectivity index (χ4n) is 3.03. The Balaban J connectivity index is 1.62. The Kier molecular flexibility index (Phi) is 3.94. The molecule has 0 saturated heterocycles. The van der Waals surface area contributed by atoms with E-state index >= 15 is 0 Å². The first kappa shape index (κ1) is 17.2.